The molecule has 1 unspecified atom stereocenters. The molecular formula is C12H16N4O2S. The highest BCUT2D eigenvalue weighted by molar-refractivity contribution is 7.89. The second-order valence-corrected chi connectivity index (χ2v) is 5.99. The smallest absolute Gasteiger partial charge is 0.243 e. The molecule has 1 atom stereocenters. The largest absolute Gasteiger partial charge is 0.323 e. The molecule has 0 fully saturated rings. The van der Waals surface area contributed by atoms with Gasteiger partial charge in [0.15, 0.2) is 0 Å². The van der Waals surface area contributed by atoms with Gasteiger partial charge in [-0.3, -0.25) is 4.68 Å². The Morgan fingerprint density at radius 3 is 2.63 bits per heavy atom. The van der Waals surface area contributed by atoms with Crippen molar-refractivity contribution in [2.24, 2.45) is 12.8 Å². The first-order chi connectivity index (χ1) is 8.99. The van der Waals surface area contributed by atoms with Gasteiger partial charge in [0.1, 0.15) is 4.90 Å². The summed E-state index contributed by atoms with van der Waals surface area (Å²) in [6.45, 7) is 0.140. The molecular weight excluding hydrogens is 264 g/mol. The predicted molar refractivity (Wildman–Crippen MR) is 71.8 cm³/mol. The van der Waals surface area contributed by atoms with Gasteiger partial charge in [0.25, 0.3) is 0 Å². The lowest BCUT2D eigenvalue weighted by Gasteiger charge is -2.12. The number of aromatic nitrogens is 2. The van der Waals surface area contributed by atoms with Crippen molar-refractivity contribution in [3.8, 4) is 0 Å². The molecule has 1 aromatic carbocycles. The summed E-state index contributed by atoms with van der Waals surface area (Å²) in [4.78, 5) is 0.135. The number of aryl methyl sites for hydroxylation is 1. The zero-order chi connectivity index (χ0) is 13.9. The van der Waals surface area contributed by atoms with Gasteiger partial charge in [-0.05, 0) is 5.56 Å². The van der Waals surface area contributed by atoms with Crippen molar-refractivity contribution in [2.45, 2.75) is 10.9 Å². The number of hydrogen-bond acceptors (Lipinski definition) is 4. The van der Waals surface area contributed by atoms with Crippen LogP contribution in [0.15, 0.2) is 47.6 Å². The second-order valence-electron chi connectivity index (χ2n) is 4.22. The van der Waals surface area contributed by atoms with E-state index in [0.717, 1.165) is 5.56 Å². The van der Waals surface area contributed by atoms with Gasteiger partial charge >= 0.3 is 0 Å². The SMILES string of the molecule is Cn1cc(S(=O)(=O)NCC(N)c2ccccc2)cn1. The minimum absolute atomic E-state index is 0.135. The van der Waals surface area contributed by atoms with Crippen molar-refractivity contribution in [1.82, 2.24) is 14.5 Å². The number of rotatable bonds is 5. The van der Waals surface area contributed by atoms with Gasteiger partial charge in [-0.1, -0.05) is 30.3 Å². The Bertz CT molecular complexity index is 637. The van der Waals surface area contributed by atoms with Crippen LogP contribution in [0.3, 0.4) is 0 Å². The molecule has 0 bridgehead atoms. The van der Waals surface area contributed by atoms with E-state index in [2.05, 4.69) is 9.82 Å². The zero-order valence-corrected chi connectivity index (χ0v) is 11.3. The molecule has 19 heavy (non-hydrogen) atoms. The van der Waals surface area contributed by atoms with Crippen LogP contribution < -0.4 is 10.5 Å². The third kappa shape index (κ3) is 3.40. The molecule has 0 saturated carbocycles. The maximum Gasteiger partial charge on any atom is 0.243 e. The topological polar surface area (TPSA) is 90.0 Å². The molecule has 1 heterocycles. The van der Waals surface area contributed by atoms with Gasteiger partial charge in [-0.25, -0.2) is 13.1 Å². The highest BCUT2D eigenvalue weighted by Crippen LogP contribution is 2.10. The second kappa shape index (κ2) is 5.52. The summed E-state index contributed by atoms with van der Waals surface area (Å²) in [7, 11) is -1.89. The van der Waals surface area contributed by atoms with Crippen molar-refractivity contribution in [1.29, 1.82) is 0 Å². The minimum atomic E-state index is -3.56. The first-order valence-electron chi connectivity index (χ1n) is 5.78. The van der Waals surface area contributed by atoms with Crippen LogP contribution in [0, 0.1) is 0 Å². The molecule has 6 nitrogen and oxygen atoms in total. The lowest BCUT2D eigenvalue weighted by atomic mass is 10.1. The molecule has 0 aliphatic rings. The zero-order valence-electron chi connectivity index (χ0n) is 10.5. The molecule has 1 aromatic heterocycles. The van der Waals surface area contributed by atoms with E-state index in [4.69, 9.17) is 5.73 Å². The Labute approximate surface area is 112 Å². The normalized spacial score (nSPS) is 13.4. The Hall–Kier alpha value is -1.70. The summed E-state index contributed by atoms with van der Waals surface area (Å²) in [5.41, 5.74) is 6.82. The van der Waals surface area contributed by atoms with Crippen LogP contribution in [0.25, 0.3) is 0 Å². The van der Waals surface area contributed by atoms with Crippen LogP contribution in [0.1, 0.15) is 11.6 Å². The fourth-order valence-electron chi connectivity index (χ4n) is 1.64. The highest BCUT2D eigenvalue weighted by atomic mass is 32.2. The Kier molecular flexibility index (Phi) is 3.98. The highest BCUT2D eigenvalue weighted by Gasteiger charge is 2.17. The number of nitrogens with two attached hydrogens (primary N) is 1. The number of sulfonamides is 1. The van der Waals surface area contributed by atoms with Gasteiger partial charge in [-0.2, -0.15) is 5.10 Å². The molecule has 0 aliphatic heterocycles. The summed E-state index contributed by atoms with van der Waals surface area (Å²) in [5.74, 6) is 0. The number of nitrogens with one attached hydrogen (secondary N) is 1. The minimum Gasteiger partial charge on any atom is -0.323 e. The number of benzene rings is 1. The monoisotopic (exact) mass is 280 g/mol. The molecule has 102 valence electrons. The van der Waals surface area contributed by atoms with Crippen molar-refractivity contribution < 1.29 is 8.42 Å². The van der Waals surface area contributed by atoms with Gasteiger partial charge in [-0.15, -0.1) is 0 Å². The van der Waals surface area contributed by atoms with Crippen molar-refractivity contribution in [2.75, 3.05) is 6.54 Å². The van der Waals surface area contributed by atoms with Crippen LogP contribution in [0.2, 0.25) is 0 Å². The lowest BCUT2D eigenvalue weighted by Crippen LogP contribution is -2.31. The molecule has 2 aromatic rings. The average molecular weight is 280 g/mol. The van der Waals surface area contributed by atoms with E-state index in [0.29, 0.717) is 0 Å². The fraction of sp³-hybridized carbons (Fsp3) is 0.250. The molecule has 0 radical (unpaired) electrons. The van der Waals surface area contributed by atoms with E-state index >= 15 is 0 Å². The van der Waals surface area contributed by atoms with E-state index < -0.39 is 10.0 Å². The van der Waals surface area contributed by atoms with Crippen molar-refractivity contribution in [3.05, 3.63) is 48.3 Å². The van der Waals surface area contributed by atoms with Crippen LogP contribution in [0.5, 0.6) is 0 Å². The lowest BCUT2D eigenvalue weighted by molar-refractivity contribution is 0.572. The van der Waals surface area contributed by atoms with Crippen molar-refractivity contribution >= 4 is 10.0 Å². The standard InChI is InChI=1S/C12H16N4O2S/c1-16-9-11(7-14-16)19(17,18)15-8-12(13)10-5-3-2-4-6-10/h2-7,9,12,15H,8,13H2,1H3. The predicted octanol–water partition coefficient (Wildman–Crippen LogP) is 0.398. The van der Waals surface area contributed by atoms with Gasteiger partial charge < -0.3 is 5.73 Å². The molecule has 7 heteroatoms. The van der Waals surface area contributed by atoms with Crippen LogP contribution in [-0.4, -0.2) is 24.7 Å². The fourth-order valence-corrected chi connectivity index (χ4v) is 2.68. The summed E-state index contributed by atoms with van der Waals surface area (Å²) in [6, 6.07) is 8.96. The van der Waals surface area contributed by atoms with Crippen LogP contribution in [-0.2, 0) is 17.1 Å². The maximum atomic E-state index is 12.0. The van der Waals surface area contributed by atoms with E-state index in [1.54, 1.807) is 7.05 Å². The third-order valence-corrected chi connectivity index (χ3v) is 4.09. The van der Waals surface area contributed by atoms with Gasteiger partial charge in [0.2, 0.25) is 10.0 Å². The van der Waals surface area contributed by atoms with E-state index in [-0.39, 0.29) is 17.5 Å². The summed E-state index contributed by atoms with van der Waals surface area (Å²) in [6.07, 6.45) is 2.74. The maximum absolute atomic E-state index is 12.0. The summed E-state index contributed by atoms with van der Waals surface area (Å²) < 4.78 is 27.8. The van der Waals surface area contributed by atoms with E-state index in [1.165, 1.54) is 17.1 Å². The molecule has 0 saturated heterocycles. The van der Waals surface area contributed by atoms with E-state index in [9.17, 15) is 8.42 Å². The quantitative estimate of drug-likeness (QED) is 0.829. The number of nitrogens with zero attached hydrogens (tertiary/aromatic N) is 2. The Morgan fingerprint density at radius 1 is 1.37 bits per heavy atom. The van der Waals surface area contributed by atoms with Gasteiger partial charge in [0, 0.05) is 25.8 Å². The Balaban J connectivity index is 2.03. The van der Waals surface area contributed by atoms with Gasteiger partial charge in [0.05, 0.1) is 6.20 Å². The average Bonchev–Trinajstić information content (AvgIpc) is 2.85. The summed E-state index contributed by atoms with van der Waals surface area (Å²) in [5, 5.41) is 3.83. The first-order valence-corrected chi connectivity index (χ1v) is 7.26. The van der Waals surface area contributed by atoms with Crippen LogP contribution >= 0.6 is 0 Å². The first kappa shape index (κ1) is 13.7. The molecule has 2 rings (SSSR count). The third-order valence-electron chi connectivity index (χ3n) is 2.71. The van der Waals surface area contributed by atoms with E-state index in [1.807, 2.05) is 30.3 Å². The summed E-state index contributed by atoms with van der Waals surface area (Å²) >= 11 is 0. The molecule has 0 amide bonds. The molecule has 3 N–H and O–H groups in total. The van der Waals surface area contributed by atoms with Crippen LogP contribution in [0.4, 0.5) is 0 Å². The molecule has 0 spiro atoms. The van der Waals surface area contributed by atoms with Crippen molar-refractivity contribution in [3.63, 3.8) is 0 Å². The number of hydrogen-bond donors (Lipinski definition) is 2. The molecule has 0 aliphatic carbocycles. The Morgan fingerprint density at radius 2 is 2.05 bits per heavy atom.